The van der Waals surface area contributed by atoms with Gasteiger partial charge in [-0.25, -0.2) is 17.2 Å². The number of nitrogens with zero attached hydrogens (tertiary/aromatic N) is 3. The highest BCUT2D eigenvalue weighted by atomic mass is 32.2. The first kappa shape index (κ1) is 28.8. The number of ether oxygens (including phenoxy) is 1. The number of nitrogens with one attached hydrogen (secondary N) is 2. The highest BCUT2D eigenvalue weighted by molar-refractivity contribution is 7.92. The number of halogens is 2. The smallest absolute Gasteiger partial charge is 0.317 e. The van der Waals surface area contributed by atoms with Crippen LogP contribution in [0.4, 0.5) is 14.5 Å². The minimum Gasteiger partial charge on any atom is -0.467 e. The van der Waals surface area contributed by atoms with E-state index in [1.54, 1.807) is 30.3 Å². The number of aromatic nitrogens is 3. The van der Waals surface area contributed by atoms with Gasteiger partial charge in [0.05, 0.1) is 41.7 Å². The third-order valence-corrected chi connectivity index (χ3v) is 8.45. The van der Waals surface area contributed by atoms with Gasteiger partial charge in [-0.3, -0.25) is 9.10 Å². The molecule has 0 saturated heterocycles. The van der Waals surface area contributed by atoms with Gasteiger partial charge in [-0.2, -0.15) is 9.97 Å². The third kappa shape index (κ3) is 5.00. The van der Waals surface area contributed by atoms with E-state index in [0.717, 1.165) is 10.6 Å². The Balaban J connectivity index is 1.65. The molecule has 0 aliphatic heterocycles. The molecule has 3 aromatic carbocycles. The lowest BCUT2D eigenvalue weighted by Gasteiger charge is -2.20. The van der Waals surface area contributed by atoms with E-state index in [1.807, 2.05) is 0 Å². The van der Waals surface area contributed by atoms with Crippen LogP contribution in [-0.4, -0.2) is 56.7 Å². The van der Waals surface area contributed by atoms with Crippen molar-refractivity contribution in [2.75, 3.05) is 31.8 Å². The van der Waals surface area contributed by atoms with Crippen LogP contribution in [0.5, 0.6) is 6.01 Å². The van der Waals surface area contributed by atoms with E-state index in [-0.39, 0.29) is 34.3 Å². The fourth-order valence-electron chi connectivity index (χ4n) is 4.98. The lowest BCUT2D eigenvalue weighted by atomic mass is 10.0. The number of carbonyl (C=O) groups excluding carboxylic acids is 1. The monoisotopic (exact) mass is 617 g/mol. The van der Waals surface area contributed by atoms with E-state index in [9.17, 15) is 22.0 Å². The molecule has 6 rings (SSSR count). The highest BCUT2D eigenvalue weighted by Gasteiger charge is 2.27. The number of carbonyl (C=O) groups is 1. The number of rotatable bonds is 7. The zero-order chi connectivity index (χ0) is 31.3. The topological polar surface area (TPSA) is 130 Å². The molecule has 0 fully saturated rings. The molecule has 0 unspecified atom stereocenters. The van der Waals surface area contributed by atoms with Crippen LogP contribution in [0.3, 0.4) is 0 Å². The molecule has 0 saturated carbocycles. The first-order valence-corrected chi connectivity index (χ1v) is 15.1. The van der Waals surface area contributed by atoms with E-state index in [1.165, 1.54) is 57.6 Å². The summed E-state index contributed by atoms with van der Waals surface area (Å²) >= 11 is 0. The molecule has 2 N–H and O–H groups in total. The Hall–Kier alpha value is -5.30. The van der Waals surface area contributed by atoms with Gasteiger partial charge in [-0.05, 0) is 54.6 Å². The zero-order valence-corrected chi connectivity index (χ0v) is 24.7. The molecule has 0 radical (unpaired) electrons. The summed E-state index contributed by atoms with van der Waals surface area (Å²) in [6.07, 6.45) is 1.05. The maximum atomic E-state index is 14.5. The van der Waals surface area contributed by atoms with Gasteiger partial charge >= 0.3 is 6.01 Å². The lowest BCUT2D eigenvalue weighted by Crippen LogP contribution is -2.25. The van der Waals surface area contributed by atoms with Crippen molar-refractivity contribution in [1.29, 1.82) is 0 Å². The number of hydrogen-bond donors (Lipinski definition) is 2. The lowest BCUT2D eigenvalue weighted by molar-refractivity contribution is 0.0964. The number of furan rings is 1. The molecule has 3 heterocycles. The fraction of sp³-hybridized carbons (Fsp3) is 0.129. The molecule has 224 valence electrons. The Morgan fingerprint density at radius 1 is 1.00 bits per heavy atom. The number of methoxy groups -OCH3 is 1. The number of aromatic amines is 1. The first-order chi connectivity index (χ1) is 21.0. The highest BCUT2D eigenvalue weighted by Crippen LogP contribution is 2.42. The van der Waals surface area contributed by atoms with Crippen molar-refractivity contribution in [3.8, 4) is 40.0 Å². The van der Waals surface area contributed by atoms with Crippen molar-refractivity contribution >= 4 is 43.5 Å². The molecular weight excluding hydrogens is 592 g/mol. The second-order valence-electron chi connectivity index (χ2n) is 10.00. The van der Waals surface area contributed by atoms with Gasteiger partial charge in [0.25, 0.3) is 5.91 Å². The Morgan fingerprint density at radius 2 is 1.73 bits per heavy atom. The van der Waals surface area contributed by atoms with Gasteiger partial charge < -0.3 is 19.5 Å². The van der Waals surface area contributed by atoms with E-state index < -0.39 is 27.6 Å². The van der Waals surface area contributed by atoms with Crippen LogP contribution in [0.15, 0.2) is 71.1 Å². The molecule has 0 bridgehead atoms. The van der Waals surface area contributed by atoms with Crippen molar-refractivity contribution in [1.82, 2.24) is 20.3 Å². The normalized spacial score (nSPS) is 11.7. The Kier molecular flexibility index (Phi) is 7.04. The maximum absolute atomic E-state index is 14.5. The summed E-state index contributed by atoms with van der Waals surface area (Å²) in [5.74, 6) is -1.17. The zero-order valence-electron chi connectivity index (χ0n) is 23.9. The van der Waals surface area contributed by atoms with Crippen LogP contribution in [0.2, 0.25) is 0 Å². The van der Waals surface area contributed by atoms with Crippen LogP contribution < -0.4 is 14.4 Å². The van der Waals surface area contributed by atoms with Gasteiger partial charge in [-0.1, -0.05) is 6.07 Å². The second-order valence-corrected chi connectivity index (χ2v) is 12.0. The second kappa shape index (κ2) is 10.8. The molecule has 3 aromatic heterocycles. The van der Waals surface area contributed by atoms with Crippen molar-refractivity contribution in [2.24, 2.45) is 0 Å². The van der Waals surface area contributed by atoms with Gasteiger partial charge in [-0.15, -0.1) is 0 Å². The maximum Gasteiger partial charge on any atom is 0.317 e. The minimum absolute atomic E-state index is 0.0320. The third-order valence-electron chi connectivity index (χ3n) is 7.25. The predicted molar refractivity (Wildman–Crippen MR) is 163 cm³/mol. The number of sulfonamides is 1. The Bertz CT molecular complexity index is 2190. The van der Waals surface area contributed by atoms with E-state index in [0.29, 0.717) is 38.8 Å². The SMILES string of the molecule is CNC(=O)c1c(-c2ccc(F)cc2)oc2cc(N(C)S(C)(=O)=O)c(-c3cc(-c4cc5c(F)cccc5[nH]4)nc(OC)n3)cc12. The number of hydrogen-bond acceptors (Lipinski definition) is 7. The van der Waals surface area contributed by atoms with Crippen molar-refractivity contribution in [2.45, 2.75) is 0 Å². The first-order valence-electron chi connectivity index (χ1n) is 13.2. The van der Waals surface area contributed by atoms with Crippen LogP contribution in [0, 0.1) is 11.6 Å². The molecule has 1 amide bonds. The summed E-state index contributed by atoms with van der Waals surface area (Å²) in [6.45, 7) is 0. The Morgan fingerprint density at radius 3 is 2.39 bits per heavy atom. The van der Waals surface area contributed by atoms with E-state index in [2.05, 4.69) is 20.3 Å². The van der Waals surface area contributed by atoms with E-state index in [4.69, 9.17) is 9.15 Å². The summed E-state index contributed by atoms with van der Waals surface area (Å²) in [6, 6.07) is 16.4. The number of benzene rings is 3. The summed E-state index contributed by atoms with van der Waals surface area (Å²) < 4.78 is 66.3. The fourth-order valence-corrected chi connectivity index (χ4v) is 5.49. The average molecular weight is 618 g/mol. The standard InChI is InChI=1S/C31H25F2N5O5S/c1-34-30(39)28-20-12-19(23-14-25(37-31(36-23)42-3)24-13-18-21(33)6-5-7-22(18)35-24)26(38(2)44(4,40)41)15-27(20)43-29(28)16-8-10-17(32)11-9-16/h5-15,35H,1-4H3,(H,34,39). The van der Waals surface area contributed by atoms with Crippen molar-refractivity contribution in [3.05, 3.63) is 83.9 Å². The molecular formula is C31H25F2N5O5S. The molecule has 0 aliphatic rings. The van der Waals surface area contributed by atoms with Gasteiger partial charge in [0.15, 0.2) is 0 Å². The van der Waals surface area contributed by atoms with Gasteiger partial charge in [0.1, 0.15) is 23.0 Å². The predicted octanol–water partition coefficient (Wildman–Crippen LogP) is 5.75. The van der Waals surface area contributed by atoms with Crippen LogP contribution in [-0.2, 0) is 10.0 Å². The summed E-state index contributed by atoms with van der Waals surface area (Å²) in [4.78, 5) is 25.3. The largest absolute Gasteiger partial charge is 0.467 e. The molecule has 0 aliphatic carbocycles. The van der Waals surface area contributed by atoms with Gasteiger partial charge in [0.2, 0.25) is 10.0 Å². The molecule has 44 heavy (non-hydrogen) atoms. The molecule has 13 heteroatoms. The number of H-pyrrole nitrogens is 1. The van der Waals surface area contributed by atoms with Crippen molar-refractivity contribution < 1.29 is 31.1 Å². The van der Waals surface area contributed by atoms with Crippen molar-refractivity contribution in [3.63, 3.8) is 0 Å². The molecule has 10 nitrogen and oxygen atoms in total. The van der Waals surface area contributed by atoms with Crippen LogP contribution >= 0.6 is 0 Å². The number of amides is 1. The summed E-state index contributed by atoms with van der Waals surface area (Å²) in [7, 11) is 0.440. The summed E-state index contributed by atoms with van der Waals surface area (Å²) in [5, 5.41) is 3.33. The average Bonchev–Trinajstić information content (AvgIpc) is 3.62. The molecule has 0 spiro atoms. The van der Waals surface area contributed by atoms with E-state index >= 15 is 0 Å². The molecule has 6 aromatic rings. The number of fused-ring (bicyclic) bond motifs is 2. The van der Waals surface area contributed by atoms with Crippen LogP contribution in [0.1, 0.15) is 10.4 Å². The quantitative estimate of drug-likeness (QED) is 0.233. The minimum atomic E-state index is -3.79. The summed E-state index contributed by atoms with van der Waals surface area (Å²) in [5.41, 5.74) is 2.95. The molecule has 0 atom stereocenters. The Labute approximate surface area is 250 Å². The van der Waals surface area contributed by atoms with Gasteiger partial charge in [0, 0.05) is 47.6 Å². The number of anilines is 1. The van der Waals surface area contributed by atoms with Crippen LogP contribution in [0.25, 0.3) is 55.8 Å².